The smallest absolute Gasteiger partial charge is 0.361 e. The van der Waals surface area contributed by atoms with Gasteiger partial charge in [0.2, 0.25) is 0 Å². The Morgan fingerprint density at radius 1 is 0.333 bits per heavy atom. The third kappa shape index (κ3) is 3.58. The molecule has 2 aliphatic heterocycles. The Balaban J connectivity index is 1.27. The molecule has 7 aromatic rings. The lowest BCUT2D eigenvalue weighted by Gasteiger charge is -2.48. The van der Waals surface area contributed by atoms with E-state index in [4.69, 9.17) is 0 Å². The molecule has 0 spiro atoms. The second kappa shape index (κ2) is 9.92. The molecule has 0 atom stereocenters. The number of anilines is 4. The zero-order valence-corrected chi connectivity index (χ0v) is 29.4. The zero-order chi connectivity index (χ0) is 34.2. The maximum Gasteiger partial charge on any atom is 0.421 e. The summed E-state index contributed by atoms with van der Waals surface area (Å²) in [6.07, 6.45) is 0. The van der Waals surface area contributed by atoms with Crippen LogP contribution in [0, 0.1) is 0 Å². The lowest BCUT2D eigenvalue weighted by molar-refractivity contribution is 0.660. The molecule has 7 aromatic carbocycles. The fourth-order valence-electron chi connectivity index (χ4n) is 10.2. The van der Waals surface area contributed by atoms with Crippen molar-refractivity contribution in [2.75, 3.05) is 9.62 Å². The molecule has 0 fully saturated rings. The predicted octanol–water partition coefficient (Wildman–Crippen LogP) is 11.6. The van der Waals surface area contributed by atoms with E-state index >= 15 is 0 Å². The molecule has 0 bridgehead atoms. The summed E-state index contributed by atoms with van der Waals surface area (Å²) in [6, 6.07) is 57.2. The highest BCUT2D eigenvalue weighted by Crippen LogP contribution is 2.58. The Kier molecular flexibility index (Phi) is 5.64. The standard InChI is InChI=1S/C48H37BN2/c1-47(2)36-22-9-5-18-34(36)44-38(47)24-14-28-42(44)50-40-26-11-7-16-30(40)32-20-13-21-33-31-17-8-12-27-41(31)51(49(50)46(32)33)43-29-15-25-39-45(43)35-19-6-10-23-37(35)48(39,3)4/h5-29H,1-4H3. The van der Waals surface area contributed by atoms with E-state index in [1.54, 1.807) is 0 Å². The first-order valence-corrected chi connectivity index (χ1v) is 18.2. The maximum atomic E-state index is 2.68. The molecule has 0 amide bonds. The van der Waals surface area contributed by atoms with Crippen LogP contribution in [-0.2, 0) is 10.8 Å². The Labute approximate surface area is 300 Å². The predicted molar refractivity (Wildman–Crippen MR) is 215 cm³/mol. The van der Waals surface area contributed by atoms with E-state index in [2.05, 4.69) is 189 Å². The van der Waals surface area contributed by atoms with Gasteiger partial charge in [0.1, 0.15) is 0 Å². The largest absolute Gasteiger partial charge is 0.421 e. The van der Waals surface area contributed by atoms with Gasteiger partial charge in [-0.3, -0.25) is 0 Å². The van der Waals surface area contributed by atoms with Crippen LogP contribution in [0.1, 0.15) is 49.9 Å². The van der Waals surface area contributed by atoms with E-state index < -0.39 is 0 Å². The van der Waals surface area contributed by atoms with Crippen LogP contribution in [0.3, 0.4) is 0 Å². The highest BCUT2D eigenvalue weighted by molar-refractivity contribution is 6.86. The van der Waals surface area contributed by atoms with Gasteiger partial charge in [-0.1, -0.05) is 155 Å². The number of nitrogens with zero attached hydrogens (tertiary/aromatic N) is 2. The normalized spacial score (nSPS) is 16.0. The molecular weight excluding hydrogens is 615 g/mol. The van der Waals surface area contributed by atoms with E-state index in [1.165, 1.54) is 95.0 Å². The maximum absolute atomic E-state index is 2.68. The average molecular weight is 653 g/mol. The average Bonchev–Trinajstić information content (AvgIpc) is 3.55. The van der Waals surface area contributed by atoms with Crippen molar-refractivity contribution in [2.24, 2.45) is 0 Å². The van der Waals surface area contributed by atoms with Crippen LogP contribution >= 0.6 is 0 Å². The molecule has 51 heavy (non-hydrogen) atoms. The minimum atomic E-state index is -0.134. The third-order valence-corrected chi connectivity index (χ3v) is 12.5. The van der Waals surface area contributed by atoms with Crippen molar-refractivity contribution in [3.8, 4) is 44.5 Å². The SMILES string of the molecule is CC1(C)c2ccccc2-c2c(N3B4c5c(cccc5-c5ccccc5N4c4cccc5c4-c4ccccc4C5(C)C)-c4ccccc43)cccc21. The quantitative estimate of drug-likeness (QED) is 0.172. The van der Waals surface area contributed by atoms with E-state index in [9.17, 15) is 0 Å². The van der Waals surface area contributed by atoms with Crippen molar-refractivity contribution in [3.05, 3.63) is 174 Å². The number of para-hydroxylation sites is 2. The molecule has 0 saturated carbocycles. The van der Waals surface area contributed by atoms with Gasteiger partial charge in [0, 0.05) is 55.8 Å². The summed E-state index contributed by atoms with van der Waals surface area (Å²) in [5.41, 5.74) is 22.2. The summed E-state index contributed by atoms with van der Waals surface area (Å²) in [4.78, 5) is 5.36. The van der Waals surface area contributed by atoms with Crippen LogP contribution in [0.15, 0.2) is 152 Å². The van der Waals surface area contributed by atoms with Crippen molar-refractivity contribution in [3.63, 3.8) is 0 Å². The van der Waals surface area contributed by atoms with Crippen LogP contribution in [0.4, 0.5) is 22.7 Å². The molecule has 242 valence electrons. The fourth-order valence-corrected chi connectivity index (χ4v) is 10.2. The van der Waals surface area contributed by atoms with Crippen LogP contribution in [0.25, 0.3) is 44.5 Å². The molecule has 0 unspecified atom stereocenters. The first-order valence-electron chi connectivity index (χ1n) is 18.2. The number of rotatable bonds is 2. The van der Waals surface area contributed by atoms with Gasteiger partial charge in [-0.2, -0.15) is 0 Å². The molecule has 11 rings (SSSR count). The molecule has 2 heterocycles. The molecule has 2 aliphatic carbocycles. The first kappa shape index (κ1) is 29.0. The number of fused-ring (bicyclic) bond motifs is 10. The van der Waals surface area contributed by atoms with Gasteiger partial charge in [0.15, 0.2) is 0 Å². The van der Waals surface area contributed by atoms with Crippen molar-refractivity contribution < 1.29 is 0 Å². The third-order valence-electron chi connectivity index (χ3n) is 12.5. The zero-order valence-electron chi connectivity index (χ0n) is 29.4. The number of benzene rings is 7. The van der Waals surface area contributed by atoms with Crippen LogP contribution < -0.4 is 15.1 Å². The summed E-state index contributed by atoms with van der Waals surface area (Å²) in [6.45, 7) is 9.40. The topological polar surface area (TPSA) is 6.48 Å². The highest BCUT2D eigenvalue weighted by Gasteiger charge is 2.50. The van der Waals surface area contributed by atoms with Gasteiger partial charge in [0.05, 0.1) is 0 Å². The molecule has 0 saturated heterocycles. The molecule has 0 N–H and O–H groups in total. The first-order chi connectivity index (χ1) is 24.9. The van der Waals surface area contributed by atoms with Crippen molar-refractivity contribution >= 4 is 35.2 Å². The van der Waals surface area contributed by atoms with Gasteiger partial charge in [0.25, 0.3) is 0 Å². The van der Waals surface area contributed by atoms with Gasteiger partial charge in [-0.15, -0.1) is 0 Å². The molecular formula is C48H37BN2. The summed E-state index contributed by atoms with van der Waals surface area (Å²) in [5, 5.41) is 0. The minimum absolute atomic E-state index is 0.102. The molecule has 3 heteroatoms. The molecule has 0 radical (unpaired) electrons. The van der Waals surface area contributed by atoms with Gasteiger partial charge in [-0.25, -0.2) is 0 Å². The Bertz CT molecular complexity index is 2450. The second-order valence-electron chi connectivity index (χ2n) is 15.7. The lowest BCUT2D eigenvalue weighted by Crippen LogP contribution is -2.62. The van der Waals surface area contributed by atoms with E-state index in [-0.39, 0.29) is 17.8 Å². The number of hydrogen-bond acceptors (Lipinski definition) is 2. The minimum Gasteiger partial charge on any atom is -0.361 e. The summed E-state index contributed by atoms with van der Waals surface area (Å²) in [7, 11) is 0. The Hall–Kier alpha value is -5.80. The van der Waals surface area contributed by atoms with Gasteiger partial charge < -0.3 is 9.62 Å². The van der Waals surface area contributed by atoms with Gasteiger partial charge in [-0.05, 0) is 74.2 Å². The highest BCUT2D eigenvalue weighted by atomic mass is 15.2. The molecule has 4 aliphatic rings. The molecule has 2 nitrogen and oxygen atoms in total. The summed E-state index contributed by atoms with van der Waals surface area (Å²) in [5.74, 6) is 0. The van der Waals surface area contributed by atoms with E-state index in [0.29, 0.717) is 0 Å². The van der Waals surface area contributed by atoms with Crippen molar-refractivity contribution in [1.82, 2.24) is 0 Å². The summed E-state index contributed by atoms with van der Waals surface area (Å²) >= 11 is 0. The Morgan fingerprint density at radius 3 is 1.14 bits per heavy atom. The second-order valence-corrected chi connectivity index (χ2v) is 15.7. The Morgan fingerprint density at radius 2 is 0.667 bits per heavy atom. The van der Waals surface area contributed by atoms with E-state index in [0.717, 1.165) is 0 Å². The van der Waals surface area contributed by atoms with Crippen molar-refractivity contribution in [1.29, 1.82) is 0 Å². The number of hydrogen-bond donors (Lipinski definition) is 0. The van der Waals surface area contributed by atoms with Crippen molar-refractivity contribution in [2.45, 2.75) is 38.5 Å². The monoisotopic (exact) mass is 652 g/mol. The lowest BCUT2D eigenvalue weighted by atomic mass is 9.53. The van der Waals surface area contributed by atoms with Crippen LogP contribution in [-0.4, -0.2) is 6.98 Å². The fraction of sp³-hybridized carbons (Fsp3) is 0.125. The van der Waals surface area contributed by atoms with Crippen LogP contribution in [0.5, 0.6) is 0 Å². The van der Waals surface area contributed by atoms with E-state index in [1.807, 2.05) is 0 Å². The van der Waals surface area contributed by atoms with Crippen LogP contribution in [0.2, 0.25) is 0 Å². The molecule has 0 aromatic heterocycles. The van der Waals surface area contributed by atoms with Gasteiger partial charge >= 0.3 is 6.98 Å². The summed E-state index contributed by atoms with van der Waals surface area (Å²) < 4.78 is 0.